The van der Waals surface area contributed by atoms with E-state index in [0.717, 1.165) is 24.1 Å². The van der Waals surface area contributed by atoms with Gasteiger partial charge in [0.25, 0.3) is 5.91 Å². The smallest absolute Gasteiger partial charge is 0.267 e. The first-order chi connectivity index (χ1) is 8.74. The molecular formula is C15H16N2O. The van der Waals surface area contributed by atoms with E-state index in [1.165, 1.54) is 0 Å². The Morgan fingerprint density at radius 1 is 1.33 bits per heavy atom. The van der Waals surface area contributed by atoms with Gasteiger partial charge in [-0.15, -0.1) is 0 Å². The number of fused-ring (bicyclic) bond motifs is 1. The molecule has 3 rings (SSSR count). The van der Waals surface area contributed by atoms with Crippen LogP contribution in [0.25, 0.3) is 0 Å². The topological polar surface area (TPSA) is 41.5 Å². The average Bonchev–Trinajstić information content (AvgIpc) is 2.72. The normalized spacial score (nSPS) is 26.8. The summed E-state index contributed by atoms with van der Waals surface area (Å²) in [4.78, 5) is 11.9. The number of rotatable bonds is 2. The molecule has 3 heteroatoms. The monoisotopic (exact) mass is 240 g/mol. The summed E-state index contributed by atoms with van der Waals surface area (Å²) in [5.41, 5.74) is 5.59. The molecule has 0 bridgehead atoms. The summed E-state index contributed by atoms with van der Waals surface area (Å²) in [5, 5.41) is 4.25. The molecule has 3 nitrogen and oxygen atoms in total. The highest BCUT2D eigenvalue weighted by atomic mass is 16.2. The molecule has 1 amide bonds. The molecule has 0 spiro atoms. The summed E-state index contributed by atoms with van der Waals surface area (Å²) in [5.74, 6) is 1.08. The van der Waals surface area contributed by atoms with Gasteiger partial charge in [0.05, 0.1) is 0 Å². The van der Waals surface area contributed by atoms with E-state index in [9.17, 15) is 4.79 Å². The number of benzene rings is 1. The Balaban J connectivity index is 1.62. The number of carbonyl (C=O) groups is 1. The molecule has 0 aromatic heterocycles. The Morgan fingerprint density at radius 2 is 2.11 bits per heavy atom. The zero-order valence-corrected chi connectivity index (χ0v) is 10.4. The van der Waals surface area contributed by atoms with Crippen LogP contribution in [-0.2, 0) is 0 Å². The van der Waals surface area contributed by atoms with Crippen LogP contribution in [0.3, 0.4) is 0 Å². The fourth-order valence-corrected chi connectivity index (χ4v) is 2.56. The molecule has 2 aliphatic rings. The number of carbonyl (C=O) groups excluding carboxylic acids is 1. The number of nitrogens with one attached hydrogen (secondary N) is 1. The Hall–Kier alpha value is -1.90. The molecule has 92 valence electrons. The molecule has 0 heterocycles. The highest BCUT2D eigenvalue weighted by Gasteiger charge is 2.37. The second kappa shape index (κ2) is 4.41. The van der Waals surface area contributed by atoms with E-state index < -0.39 is 0 Å². The number of amides is 1. The van der Waals surface area contributed by atoms with Crippen molar-refractivity contribution in [1.82, 2.24) is 5.43 Å². The maximum Gasteiger partial charge on any atom is 0.271 e. The highest BCUT2D eigenvalue weighted by molar-refractivity contribution is 5.98. The van der Waals surface area contributed by atoms with E-state index >= 15 is 0 Å². The van der Waals surface area contributed by atoms with Crippen LogP contribution in [0.2, 0.25) is 0 Å². The standard InChI is InChI=1S/C15H16N2O/c1-10-5-7-11(8-6-10)15(18)17-16-14-9-12-3-2-4-13(12)14/h2-3,5-8,12-13H,4,9H2,1H3,(H,17,18)/b16-14-/t12-,13+/m1/s1. The Morgan fingerprint density at radius 3 is 2.83 bits per heavy atom. The van der Waals surface area contributed by atoms with Crippen molar-refractivity contribution in [3.05, 3.63) is 47.5 Å². The number of allylic oxidation sites excluding steroid dienone is 2. The first kappa shape index (κ1) is 11.2. The van der Waals surface area contributed by atoms with Crippen molar-refractivity contribution in [2.24, 2.45) is 16.9 Å². The number of aryl methyl sites for hydroxylation is 1. The van der Waals surface area contributed by atoms with Gasteiger partial charge in [-0.1, -0.05) is 29.8 Å². The van der Waals surface area contributed by atoms with Crippen LogP contribution in [0.15, 0.2) is 41.5 Å². The third kappa shape index (κ3) is 1.96. The first-order valence-corrected chi connectivity index (χ1v) is 6.34. The van der Waals surface area contributed by atoms with Gasteiger partial charge in [-0.25, -0.2) is 5.43 Å². The molecule has 2 aliphatic carbocycles. The van der Waals surface area contributed by atoms with Crippen molar-refractivity contribution in [2.75, 3.05) is 0 Å². The quantitative estimate of drug-likeness (QED) is 0.626. The number of nitrogens with zero attached hydrogens (tertiary/aromatic N) is 1. The van der Waals surface area contributed by atoms with Crippen LogP contribution in [0, 0.1) is 18.8 Å². The van der Waals surface area contributed by atoms with Gasteiger partial charge in [0, 0.05) is 17.2 Å². The minimum atomic E-state index is -0.128. The second-order valence-electron chi connectivity index (χ2n) is 5.05. The van der Waals surface area contributed by atoms with Gasteiger partial charge < -0.3 is 0 Å². The molecule has 1 fully saturated rings. The minimum Gasteiger partial charge on any atom is -0.267 e. The highest BCUT2D eigenvalue weighted by Crippen LogP contribution is 2.40. The summed E-state index contributed by atoms with van der Waals surface area (Å²) in [6.45, 7) is 2.00. The minimum absolute atomic E-state index is 0.128. The fourth-order valence-electron chi connectivity index (χ4n) is 2.56. The molecule has 0 saturated heterocycles. The lowest BCUT2D eigenvalue weighted by atomic mass is 9.74. The molecule has 0 radical (unpaired) electrons. The average molecular weight is 240 g/mol. The largest absolute Gasteiger partial charge is 0.271 e. The molecule has 2 atom stereocenters. The van der Waals surface area contributed by atoms with E-state index in [1.54, 1.807) is 0 Å². The zero-order valence-electron chi connectivity index (χ0n) is 10.4. The molecule has 1 saturated carbocycles. The lowest BCUT2D eigenvalue weighted by molar-refractivity contribution is 0.0954. The van der Waals surface area contributed by atoms with E-state index in [4.69, 9.17) is 0 Å². The lowest BCUT2D eigenvalue weighted by Crippen LogP contribution is -2.35. The van der Waals surface area contributed by atoms with Crippen LogP contribution < -0.4 is 5.43 Å². The number of hydrogen-bond acceptors (Lipinski definition) is 2. The Bertz CT molecular complexity index is 528. The van der Waals surface area contributed by atoms with Crippen LogP contribution in [0.5, 0.6) is 0 Å². The van der Waals surface area contributed by atoms with Gasteiger partial charge in [-0.05, 0) is 37.8 Å². The summed E-state index contributed by atoms with van der Waals surface area (Å²) < 4.78 is 0. The van der Waals surface area contributed by atoms with Gasteiger partial charge in [0.1, 0.15) is 0 Å². The van der Waals surface area contributed by atoms with Gasteiger partial charge in [-0.2, -0.15) is 5.10 Å². The van der Waals surface area contributed by atoms with Gasteiger partial charge in [-0.3, -0.25) is 4.79 Å². The third-order valence-electron chi connectivity index (χ3n) is 3.78. The first-order valence-electron chi connectivity index (χ1n) is 6.34. The van der Waals surface area contributed by atoms with Gasteiger partial charge >= 0.3 is 0 Å². The molecule has 0 aliphatic heterocycles. The van der Waals surface area contributed by atoms with E-state index in [1.807, 2.05) is 31.2 Å². The maximum atomic E-state index is 11.9. The van der Waals surface area contributed by atoms with Gasteiger partial charge in [0.15, 0.2) is 0 Å². The van der Waals surface area contributed by atoms with Crippen molar-refractivity contribution in [1.29, 1.82) is 0 Å². The van der Waals surface area contributed by atoms with Crippen LogP contribution in [0.4, 0.5) is 0 Å². The van der Waals surface area contributed by atoms with Crippen LogP contribution in [0.1, 0.15) is 28.8 Å². The summed E-state index contributed by atoms with van der Waals surface area (Å²) in [7, 11) is 0. The van der Waals surface area contributed by atoms with E-state index in [2.05, 4.69) is 22.7 Å². The lowest BCUT2D eigenvalue weighted by Gasteiger charge is -2.31. The number of hydrogen-bond donors (Lipinski definition) is 1. The van der Waals surface area contributed by atoms with Crippen LogP contribution in [-0.4, -0.2) is 11.6 Å². The predicted molar refractivity (Wildman–Crippen MR) is 71.4 cm³/mol. The van der Waals surface area contributed by atoms with Crippen molar-refractivity contribution in [3.63, 3.8) is 0 Å². The Labute approximate surface area is 107 Å². The molecule has 18 heavy (non-hydrogen) atoms. The summed E-state index contributed by atoms with van der Waals surface area (Å²) >= 11 is 0. The van der Waals surface area contributed by atoms with Crippen molar-refractivity contribution in [2.45, 2.75) is 19.8 Å². The molecule has 0 unspecified atom stereocenters. The third-order valence-corrected chi connectivity index (χ3v) is 3.78. The van der Waals surface area contributed by atoms with Gasteiger partial charge in [0.2, 0.25) is 0 Å². The van der Waals surface area contributed by atoms with E-state index in [0.29, 0.717) is 17.4 Å². The van der Waals surface area contributed by atoms with Crippen molar-refractivity contribution >= 4 is 11.6 Å². The molecule has 1 aromatic rings. The molecular weight excluding hydrogens is 224 g/mol. The summed E-state index contributed by atoms with van der Waals surface area (Å²) in [6, 6.07) is 7.52. The van der Waals surface area contributed by atoms with Crippen molar-refractivity contribution < 1.29 is 4.79 Å². The molecule has 1 aromatic carbocycles. The molecule has 1 N–H and O–H groups in total. The predicted octanol–water partition coefficient (Wildman–Crippen LogP) is 2.68. The van der Waals surface area contributed by atoms with Crippen LogP contribution >= 0.6 is 0 Å². The zero-order chi connectivity index (χ0) is 12.5. The number of hydrazone groups is 1. The second-order valence-corrected chi connectivity index (χ2v) is 5.05. The van der Waals surface area contributed by atoms with Crippen molar-refractivity contribution in [3.8, 4) is 0 Å². The maximum absolute atomic E-state index is 11.9. The fraction of sp³-hybridized carbons (Fsp3) is 0.333. The Kier molecular flexibility index (Phi) is 2.74. The summed E-state index contributed by atoms with van der Waals surface area (Å²) in [6.07, 6.45) is 6.53. The SMILES string of the molecule is Cc1ccc(C(=O)N/N=C2/C[C@H]3C=CC[C@H]23)cc1. The van der Waals surface area contributed by atoms with E-state index in [-0.39, 0.29) is 5.91 Å².